The first-order chi connectivity index (χ1) is 11.3. The maximum atomic E-state index is 13.2. The Morgan fingerprint density at radius 2 is 1.88 bits per heavy atom. The Balaban J connectivity index is 0.00000312. The van der Waals surface area contributed by atoms with Crippen molar-refractivity contribution in [2.24, 2.45) is 21.5 Å². The van der Waals surface area contributed by atoms with E-state index in [0.717, 1.165) is 6.07 Å². The molecular formula is C14H13ClF4N6. The van der Waals surface area contributed by atoms with Crippen molar-refractivity contribution < 1.29 is 17.6 Å². The number of aliphatic imine (C=N–C) groups is 2. The van der Waals surface area contributed by atoms with Crippen LogP contribution in [0.15, 0.2) is 52.7 Å². The van der Waals surface area contributed by atoms with Gasteiger partial charge in [-0.25, -0.2) is 9.38 Å². The molecule has 1 aromatic carbocycles. The number of halogens is 5. The zero-order valence-electron chi connectivity index (χ0n) is 12.5. The highest BCUT2D eigenvalue weighted by Crippen LogP contribution is 2.33. The smallest absolute Gasteiger partial charge is 0.369 e. The lowest BCUT2D eigenvalue weighted by atomic mass is 10.2. The first kappa shape index (κ1) is 20.2. The summed E-state index contributed by atoms with van der Waals surface area (Å²) in [6, 6.07) is 5.54. The number of nitrogens with zero attached hydrogens (tertiary/aromatic N) is 3. The van der Waals surface area contributed by atoms with Crippen molar-refractivity contribution in [1.82, 2.24) is 4.98 Å². The average Bonchev–Trinajstić information content (AvgIpc) is 2.48. The van der Waals surface area contributed by atoms with Gasteiger partial charge in [0.2, 0.25) is 11.9 Å². The van der Waals surface area contributed by atoms with E-state index in [2.05, 4.69) is 20.3 Å². The maximum absolute atomic E-state index is 13.2. The van der Waals surface area contributed by atoms with Crippen molar-refractivity contribution >= 4 is 35.7 Å². The van der Waals surface area contributed by atoms with Gasteiger partial charge in [0.15, 0.2) is 0 Å². The molecule has 0 radical (unpaired) electrons. The van der Waals surface area contributed by atoms with Crippen LogP contribution >= 0.6 is 12.4 Å². The Bertz CT molecular complexity index is 777. The van der Waals surface area contributed by atoms with Crippen LogP contribution in [0, 0.1) is 5.82 Å². The van der Waals surface area contributed by atoms with Crippen molar-refractivity contribution in [3.63, 3.8) is 0 Å². The zero-order valence-corrected chi connectivity index (χ0v) is 13.3. The fraction of sp³-hybridized carbons (Fsp3) is 0.0714. The number of nitrogens with two attached hydrogens (primary N) is 2. The monoisotopic (exact) mass is 376 g/mol. The van der Waals surface area contributed by atoms with Crippen LogP contribution < -0.4 is 16.8 Å². The Morgan fingerprint density at radius 1 is 1.16 bits per heavy atom. The molecule has 0 saturated heterocycles. The molecule has 5 N–H and O–H groups in total. The van der Waals surface area contributed by atoms with Crippen molar-refractivity contribution in [3.8, 4) is 0 Å². The second-order valence-corrected chi connectivity index (χ2v) is 4.50. The molecule has 0 unspecified atom stereocenters. The van der Waals surface area contributed by atoms with Gasteiger partial charge in [0.25, 0.3) is 0 Å². The van der Waals surface area contributed by atoms with Gasteiger partial charge < -0.3 is 16.8 Å². The molecule has 0 aliphatic rings. The lowest BCUT2D eigenvalue weighted by Crippen LogP contribution is -2.26. The molecule has 0 fully saturated rings. The van der Waals surface area contributed by atoms with Crippen molar-refractivity contribution in [2.45, 2.75) is 6.18 Å². The highest BCUT2D eigenvalue weighted by Gasteiger charge is 2.34. The summed E-state index contributed by atoms with van der Waals surface area (Å²) in [4.78, 5) is 11.2. The minimum absolute atomic E-state index is 0. The molecular weight excluding hydrogens is 364 g/mol. The van der Waals surface area contributed by atoms with Crippen LogP contribution in [0.4, 0.5) is 28.9 Å². The second-order valence-electron chi connectivity index (χ2n) is 4.50. The molecule has 0 atom stereocenters. The van der Waals surface area contributed by atoms with Gasteiger partial charge in [0, 0.05) is 6.20 Å². The Morgan fingerprint density at radius 3 is 2.48 bits per heavy atom. The van der Waals surface area contributed by atoms with Gasteiger partial charge >= 0.3 is 6.18 Å². The van der Waals surface area contributed by atoms with E-state index in [-0.39, 0.29) is 24.1 Å². The number of anilines is 1. The minimum atomic E-state index is -4.84. The molecule has 0 aliphatic heterocycles. The van der Waals surface area contributed by atoms with Gasteiger partial charge in [-0.3, -0.25) is 4.98 Å². The second kappa shape index (κ2) is 8.29. The minimum Gasteiger partial charge on any atom is -0.369 e. The summed E-state index contributed by atoms with van der Waals surface area (Å²) in [6.07, 6.45) is -1.80. The highest BCUT2D eigenvalue weighted by atomic mass is 35.5. The van der Waals surface area contributed by atoms with E-state index in [9.17, 15) is 17.6 Å². The summed E-state index contributed by atoms with van der Waals surface area (Å²) in [7, 11) is 0. The third-order valence-corrected chi connectivity index (χ3v) is 2.67. The van der Waals surface area contributed by atoms with E-state index < -0.39 is 23.5 Å². The Labute approximate surface area is 146 Å². The molecule has 2 aromatic rings. The van der Waals surface area contributed by atoms with Gasteiger partial charge in [-0.15, -0.1) is 12.4 Å². The van der Waals surface area contributed by atoms with E-state index in [1.165, 1.54) is 6.20 Å². The topological polar surface area (TPSA) is 102 Å². The molecule has 134 valence electrons. The summed E-state index contributed by atoms with van der Waals surface area (Å²) in [5.74, 6) is -1.94. The number of hydrogen-bond donors (Lipinski definition) is 3. The predicted molar refractivity (Wildman–Crippen MR) is 89.4 cm³/mol. The third-order valence-electron chi connectivity index (χ3n) is 2.67. The van der Waals surface area contributed by atoms with E-state index >= 15 is 0 Å². The normalized spacial score (nSPS) is 12.5. The number of aromatic nitrogens is 1. The van der Waals surface area contributed by atoms with Crippen molar-refractivity contribution in [1.29, 1.82) is 0 Å². The number of hydrogen-bond acceptors (Lipinski definition) is 2. The number of pyridine rings is 1. The average molecular weight is 377 g/mol. The summed E-state index contributed by atoms with van der Waals surface area (Å²) < 4.78 is 51.1. The standard InChI is InChI=1S/C14H12F4N6.ClH/c15-11-4-3-8(6-10(11)14(16,17)18)22-12(19)24-13(20)23-9-2-1-5-21-7-9;/h1-7H,(H5,19,20,22,23,24);1H. The van der Waals surface area contributed by atoms with Crippen LogP contribution in [-0.2, 0) is 6.18 Å². The molecule has 0 saturated carbocycles. The van der Waals surface area contributed by atoms with Crippen molar-refractivity contribution in [2.75, 3.05) is 5.32 Å². The molecule has 11 heteroatoms. The molecule has 2 rings (SSSR count). The number of rotatable bonds is 2. The summed E-state index contributed by atoms with van der Waals surface area (Å²) in [5.41, 5.74) is 9.99. The van der Waals surface area contributed by atoms with Crippen LogP contribution in [0.1, 0.15) is 5.56 Å². The number of guanidine groups is 2. The highest BCUT2D eigenvalue weighted by molar-refractivity contribution is 6.01. The lowest BCUT2D eigenvalue weighted by molar-refractivity contribution is -0.139. The molecule has 0 aliphatic carbocycles. The molecule has 0 spiro atoms. The molecule has 0 bridgehead atoms. The van der Waals surface area contributed by atoms with Gasteiger partial charge in [-0.2, -0.15) is 18.2 Å². The largest absolute Gasteiger partial charge is 0.419 e. The predicted octanol–water partition coefficient (Wildman–Crippen LogP) is 3.03. The van der Waals surface area contributed by atoms with Crippen molar-refractivity contribution in [3.05, 3.63) is 54.1 Å². The van der Waals surface area contributed by atoms with E-state index in [1.54, 1.807) is 18.3 Å². The third kappa shape index (κ3) is 5.92. The summed E-state index contributed by atoms with van der Waals surface area (Å²) in [6.45, 7) is 0. The zero-order chi connectivity index (χ0) is 17.7. The first-order valence-corrected chi connectivity index (χ1v) is 6.48. The van der Waals surface area contributed by atoms with Crippen LogP contribution in [0.5, 0.6) is 0 Å². The lowest BCUT2D eigenvalue weighted by Gasteiger charge is -2.08. The van der Waals surface area contributed by atoms with Gasteiger partial charge in [0.05, 0.1) is 23.1 Å². The summed E-state index contributed by atoms with van der Waals surface area (Å²) in [5, 5.41) is 2.67. The molecule has 1 heterocycles. The fourth-order valence-electron chi connectivity index (χ4n) is 1.69. The SMILES string of the molecule is Cl.NC(=Nc1ccc(F)c(C(F)(F)F)c1)N=C(N)Nc1cccnc1. The van der Waals surface area contributed by atoms with E-state index in [4.69, 9.17) is 11.5 Å². The van der Waals surface area contributed by atoms with Crippen LogP contribution in [0.2, 0.25) is 0 Å². The number of alkyl halides is 3. The number of nitrogens with one attached hydrogen (secondary N) is 1. The first-order valence-electron chi connectivity index (χ1n) is 6.48. The fourth-order valence-corrected chi connectivity index (χ4v) is 1.69. The van der Waals surface area contributed by atoms with Gasteiger partial charge in [-0.1, -0.05) is 0 Å². The van der Waals surface area contributed by atoms with E-state index in [0.29, 0.717) is 17.8 Å². The maximum Gasteiger partial charge on any atom is 0.419 e. The van der Waals surface area contributed by atoms with Gasteiger partial charge in [-0.05, 0) is 30.3 Å². The van der Waals surface area contributed by atoms with Gasteiger partial charge in [0.1, 0.15) is 5.82 Å². The van der Waals surface area contributed by atoms with Crippen LogP contribution in [0.3, 0.4) is 0 Å². The molecule has 6 nitrogen and oxygen atoms in total. The molecule has 25 heavy (non-hydrogen) atoms. The van der Waals surface area contributed by atoms with E-state index in [1.807, 2.05) is 0 Å². The quantitative estimate of drug-likeness (QED) is 0.426. The Kier molecular flexibility index (Phi) is 6.68. The Hall–Kier alpha value is -2.88. The van der Waals surface area contributed by atoms with Crippen LogP contribution in [0.25, 0.3) is 0 Å². The molecule has 0 amide bonds. The van der Waals surface area contributed by atoms with Crippen LogP contribution in [-0.4, -0.2) is 16.9 Å². The number of benzene rings is 1. The summed E-state index contributed by atoms with van der Waals surface area (Å²) >= 11 is 0. The molecule has 1 aromatic heterocycles.